The number of aryl methyl sites for hydroxylation is 2. The molecule has 0 radical (unpaired) electrons. The van der Waals surface area contributed by atoms with Crippen molar-refractivity contribution in [3.8, 4) is 0 Å². The third kappa shape index (κ3) is 2.78. The van der Waals surface area contributed by atoms with Crippen molar-refractivity contribution in [2.45, 2.75) is 13.8 Å². The number of carbonyl (C=O) groups is 1. The predicted octanol–water partition coefficient (Wildman–Crippen LogP) is 2.13. The van der Waals surface area contributed by atoms with Gasteiger partial charge >= 0.3 is 0 Å². The van der Waals surface area contributed by atoms with Crippen LogP contribution in [0.1, 0.15) is 11.1 Å². The molecule has 1 aromatic carbocycles. The smallest absolute Gasteiger partial charge is 0.294 e. The molecule has 4 heteroatoms. The molecule has 90 valence electrons. The maximum Gasteiger partial charge on any atom is 0.294 e. The maximum absolute atomic E-state index is 11.8. The zero-order valence-corrected chi connectivity index (χ0v) is 9.95. The molecule has 1 heterocycles. The van der Waals surface area contributed by atoms with E-state index in [4.69, 9.17) is 9.47 Å². The van der Waals surface area contributed by atoms with Crippen LogP contribution >= 0.6 is 0 Å². The van der Waals surface area contributed by atoms with E-state index < -0.39 is 0 Å². The van der Waals surface area contributed by atoms with Gasteiger partial charge in [0.25, 0.3) is 5.91 Å². The van der Waals surface area contributed by atoms with Gasteiger partial charge in [0, 0.05) is 5.69 Å². The summed E-state index contributed by atoms with van der Waals surface area (Å²) in [6, 6.07) is 5.76. The SMILES string of the molecule is Cc1ccc(NC(=O)C2=COCCO2)cc1C. The molecule has 1 amide bonds. The van der Waals surface area contributed by atoms with Gasteiger partial charge in [0.05, 0.1) is 0 Å². The summed E-state index contributed by atoms with van der Waals surface area (Å²) in [4.78, 5) is 11.8. The van der Waals surface area contributed by atoms with E-state index in [1.807, 2.05) is 32.0 Å². The van der Waals surface area contributed by atoms with Crippen LogP contribution in [0.2, 0.25) is 0 Å². The molecule has 0 aliphatic carbocycles. The second-order valence-electron chi connectivity index (χ2n) is 3.95. The van der Waals surface area contributed by atoms with E-state index in [1.54, 1.807) is 0 Å². The first-order valence-electron chi connectivity index (χ1n) is 5.50. The van der Waals surface area contributed by atoms with Crippen LogP contribution < -0.4 is 5.32 Å². The number of anilines is 1. The standard InChI is InChI=1S/C13H15NO3/c1-9-3-4-11(7-10(9)2)14-13(15)12-8-16-5-6-17-12/h3-4,7-8H,5-6H2,1-2H3,(H,14,15). The Morgan fingerprint density at radius 3 is 2.71 bits per heavy atom. The van der Waals surface area contributed by atoms with Gasteiger partial charge in [-0.05, 0) is 37.1 Å². The summed E-state index contributed by atoms with van der Waals surface area (Å²) in [7, 11) is 0. The third-order valence-corrected chi connectivity index (χ3v) is 2.64. The summed E-state index contributed by atoms with van der Waals surface area (Å²) in [6.07, 6.45) is 1.35. The Hall–Kier alpha value is -1.97. The summed E-state index contributed by atoms with van der Waals surface area (Å²) < 4.78 is 10.2. The van der Waals surface area contributed by atoms with E-state index in [0.29, 0.717) is 13.2 Å². The van der Waals surface area contributed by atoms with E-state index in [9.17, 15) is 4.79 Å². The van der Waals surface area contributed by atoms with Gasteiger partial charge in [-0.15, -0.1) is 0 Å². The number of rotatable bonds is 2. The van der Waals surface area contributed by atoms with E-state index in [-0.39, 0.29) is 11.7 Å². The van der Waals surface area contributed by atoms with Gasteiger partial charge in [0.2, 0.25) is 5.76 Å². The number of amides is 1. The highest BCUT2D eigenvalue weighted by atomic mass is 16.6. The van der Waals surface area contributed by atoms with Crippen LogP contribution in [0.3, 0.4) is 0 Å². The minimum atomic E-state index is -0.284. The van der Waals surface area contributed by atoms with Gasteiger partial charge in [0.1, 0.15) is 19.5 Å². The van der Waals surface area contributed by atoms with Crippen molar-refractivity contribution in [3.63, 3.8) is 0 Å². The van der Waals surface area contributed by atoms with Crippen LogP contribution in [0.4, 0.5) is 5.69 Å². The zero-order chi connectivity index (χ0) is 12.3. The second kappa shape index (κ2) is 4.91. The summed E-state index contributed by atoms with van der Waals surface area (Å²) in [5.41, 5.74) is 3.09. The molecule has 0 saturated heterocycles. The van der Waals surface area contributed by atoms with Crippen LogP contribution in [-0.2, 0) is 14.3 Å². The zero-order valence-electron chi connectivity index (χ0n) is 9.95. The van der Waals surface area contributed by atoms with Crippen LogP contribution in [0, 0.1) is 13.8 Å². The molecule has 1 aliphatic rings. The van der Waals surface area contributed by atoms with Crippen molar-refractivity contribution in [1.82, 2.24) is 0 Å². The van der Waals surface area contributed by atoms with Gasteiger partial charge in [-0.25, -0.2) is 0 Å². The molecule has 4 nitrogen and oxygen atoms in total. The Balaban J connectivity index is 2.07. The summed E-state index contributed by atoms with van der Waals surface area (Å²) in [5.74, 6) is -0.0672. The lowest BCUT2D eigenvalue weighted by Crippen LogP contribution is -2.21. The second-order valence-corrected chi connectivity index (χ2v) is 3.95. The third-order valence-electron chi connectivity index (χ3n) is 2.64. The summed E-state index contributed by atoms with van der Waals surface area (Å²) in [6.45, 7) is 4.93. The van der Waals surface area contributed by atoms with Crippen molar-refractivity contribution in [2.24, 2.45) is 0 Å². The molecule has 2 rings (SSSR count). The Morgan fingerprint density at radius 2 is 2.06 bits per heavy atom. The van der Waals surface area contributed by atoms with Crippen LogP contribution in [0.5, 0.6) is 0 Å². The molecule has 1 aromatic rings. The number of carbonyl (C=O) groups excluding carboxylic acids is 1. The Morgan fingerprint density at radius 1 is 1.24 bits per heavy atom. The minimum absolute atomic E-state index is 0.217. The number of ether oxygens (including phenoxy) is 2. The Kier molecular flexibility index (Phi) is 3.32. The summed E-state index contributed by atoms with van der Waals surface area (Å²) >= 11 is 0. The molecular weight excluding hydrogens is 218 g/mol. The first-order chi connectivity index (χ1) is 8.16. The van der Waals surface area contributed by atoms with Crippen molar-refractivity contribution < 1.29 is 14.3 Å². The Labute approximate surface area is 100 Å². The fraction of sp³-hybridized carbons (Fsp3) is 0.308. The number of benzene rings is 1. The van der Waals surface area contributed by atoms with Crippen LogP contribution in [0.25, 0.3) is 0 Å². The van der Waals surface area contributed by atoms with E-state index in [1.165, 1.54) is 11.8 Å². The Bertz CT molecular complexity index is 466. The average Bonchev–Trinajstić information content (AvgIpc) is 2.35. The molecular formula is C13H15NO3. The number of hydrogen-bond donors (Lipinski definition) is 1. The van der Waals surface area contributed by atoms with Gasteiger partial charge in [0.15, 0.2) is 0 Å². The van der Waals surface area contributed by atoms with Crippen molar-refractivity contribution >= 4 is 11.6 Å². The van der Waals surface area contributed by atoms with Gasteiger partial charge in [-0.1, -0.05) is 6.07 Å². The minimum Gasteiger partial charge on any atom is -0.494 e. The monoisotopic (exact) mass is 233 g/mol. The lowest BCUT2D eigenvalue weighted by atomic mass is 10.1. The molecule has 0 atom stereocenters. The van der Waals surface area contributed by atoms with Gasteiger partial charge < -0.3 is 14.8 Å². The van der Waals surface area contributed by atoms with Crippen molar-refractivity contribution in [2.75, 3.05) is 18.5 Å². The molecule has 0 fully saturated rings. The van der Waals surface area contributed by atoms with Crippen LogP contribution in [0.15, 0.2) is 30.2 Å². The van der Waals surface area contributed by atoms with Crippen LogP contribution in [-0.4, -0.2) is 19.1 Å². The molecule has 0 bridgehead atoms. The average molecular weight is 233 g/mol. The first-order valence-corrected chi connectivity index (χ1v) is 5.50. The van der Waals surface area contributed by atoms with Gasteiger partial charge in [-0.2, -0.15) is 0 Å². The molecule has 1 N–H and O–H groups in total. The number of nitrogens with one attached hydrogen (secondary N) is 1. The predicted molar refractivity (Wildman–Crippen MR) is 64.5 cm³/mol. The lowest BCUT2D eigenvalue weighted by Gasteiger charge is -2.15. The molecule has 0 saturated carbocycles. The maximum atomic E-state index is 11.8. The molecule has 0 spiro atoms. The molecule has 17 heavy (non-hydrogen) atoms. The molecule has 0 aromatic heterocycles. The normalized spacial score (nSPS) is 14.4. The quantitative estimate of drug-likeness (QED) is 0.851. The number of hydrogen-bond acceptors (Lipinski definition) is 3. The van der Waals surface area contributed by atoms with Crippen molar-refractivity contribution in [1.29, 1.82) is 0 Å². The topological polar surface area (TPSA) is 47.6 Å². The molecule has 1 aliphatic heterocycles. The summed E-state index contributed by atoms with van der Waals surface area (Å²) in [5, 5.41) is 2.77. The highest BCUT2D eigenvalue weighted by molar-refractivity contribution is 6.02. The largest absolute Gasteiger partial charge is 0.494 e. The fourth-order valence-electron chi connectivity index (χ4n) is 1.50. The van der Waals surface area contributed by atoms with E-state index in [0.717, 1.165) is 11.3 Å². The molecule has 0 unspecified atom stereocenters. The first kappa shape index (κ1) is 11.5. The van der Waals surface area contributed by atoms with E-state index >= 15 is 0 Å². The van der Waals surface area contributed by atoms with Crippen molar-refractivity contribution in [3.05, 3.63) is 41.3 Å². The highest BCUT2D eigenvalue weighted by Gasteiger charge is 2.15. The lowest BCUT2D eigenvalue weighted by molar-refractivity contribution is -0.117. The van der Waals surface area contributed by atoms with E-state index in [2.05, 4.69) is 5.32 Å². The fourth-order valence-corrected chi connectivity index (χ4v) is 1.50. The highest BCUT2D eigenvalue weighted by Crippen LogP contribution is 2.15. The van der Waals surface area contributed by atoms with Gasteiger partial charge in [-0.3, -0.25) is 4.79 Å².